The van der Waals surface area contributed by atoms with Gasteiger partial charge in [0, 0.05) is 12.1 Å². The van der Waals surface area contributed by atoms with Gasteiger partial charge in [0.1, 0.15) is 0 Å². The van der Waals surface area contributed by atoms with Gasteiger partial charge in [-0.25, -0.2) is 0 Å². The van der Waals surface area contributed by atoms with Gasteiger partial charge in [0.2, 0.25) is 0 Å². The van der Waals surface area contributed by atoms with Crippen LogP contribution in [0.25, 0.3) is 0 Å². The summed E-state index contributed by atoms with van der Waals surface area (Å²) in [5.74, 6) is 0. The highest BCUT2D eigenvalue weighted by Gasteiger charge is 2.26. The van der Waals surface area contributed by atoms with Crippen LogP contribution in [0.4, 0.5) is 0 Å². The Morgan fingerprint density at radius 3 is 2.65 bits per heavy atom. The van der Waals surface area contributed by atoms with E-state index >= 15 is 0 Å². The molecule has 0 aromatic heterocycles. The largest absolute Gasteiger partial charge is 0.330 e. The lowest BCUT2D eigenvalue weighted by atomic mass is 9.94. The van der Waals surface area contributed by atoms with Crippen molar-refractivity contribution < 1.29 is 0 Å². The van der Waals surface area contributed by atoms with E-state index in [1.54, 1.807) is 0 Å². The van der Waals surface area contributed by atoms with Crippen LogP contribution in [0.5, 0.6) is 0 Å². The molecular formula is C18H30N2. The predicted octanol–water partition coefficient (Wildman–Crippen LogP) is 3.90. The van der Waals surface area contributed by atoms with Crippen LogP contribution in [-0.4, -0.2) is 24.0 Å². The van der Waals surface area contributed by atoms with E-state index < -0.39 is 0 Å². The zero-order valence-corrected chi connectivity index (χ0v) is 13.1. The fraction of sp³-hybridized carbons (Fsp3) is 0.667. The highest BCUT2D eigenvalue weighted by Crippen LogP contribution is 2.29. The molecule has 1 saturated heterocycles. The lowest BCUT2D eigenvalue weighted by Gasteiger charge is -2.40. The molecule has 1 aliphatic rings. The van der Waals surface area contributed by atoms with E-state index in [0.29, 0.717) is 12.1 Å². The number of aryl methyl sites for hydroxylation is 1. The summed E-state index contributed by atoms with van der Waals surface area (Å²) in [6.07, 6.45) is 7.56. The molecule has 0 amide bonds. The van der Waals surface area contributed by atoms with E-state index in [-0.39, 0.29) is 0 Å². The van der Waals surface area contributed by atoms with Crippen LogP contribution < -0.4 is 5.73 Å². The number of hydrogen-bond donors (Lipinski definition) is 1. The van der Waals surface area contributed by atoms with Crippen LogP contribution in [0.1, 0.15) is 63.1 Å². The number of nitrogens with zero attached hydrogens (tertiary/aromatic N) is 1. The van der Waals surface area contributed by atoms with E-state index in [1.807, 2.05) is 0 Å². The molecule has 1 aliphatic heterocycles. The molecule has 1 fully saturated rings. The molecule has 1 aromatic rings. The maximum Gasteiger partial charge on any atom is 0.0322 e. The average Bonchev–Trinajstić information content (AvgIpc) is 2.49. The molecule has 1 aromatic carbocycles. The summed E-state index contributed by atoms with van der Waals surface area (Å²) >= 11 is 0. The Kier molecular flexibility index (Phi) is 6.06. The van der Waals surface area contributed by atoms with Crippen molar-refractivity contribution in [1.82, 2.24) is 4.90 Å². The summed E-state index contributed by atoms with van der Waals surface area (Å²) in [7, 11) is 0. The molecule has 2 N–H and O–H groups in total. The smallest absolute Gasteiger partial charge is 0.0322 e. The van der Waals surface area contributed by atoms with Gasteiger partial charge in [0.05, 0.1) is 0 Å². The van der Waals surface area contributed by atoms with Crippen molar-refractivity contribution in [2.24, 2.45) is 5.73 Å². The van der Waals surface area contributed by atoms with E-state index in [0.717, 1.165) is 13.0 Å². The molecule has 0 bridgehead atoms. The highest BCUT2D eigenvalue weighted by atomic mass is 15.2. The second-order valence-corrected chi connectivity index (χ2v) is 6.13. The molecular weight excluding hydrogens is 244 g/mol. The van der Waals surface area contributed by atoms with Crippen molar-refractivity contribution in [1.29, 1.82) is 0 Å². The van der Waals surface area contributed by atoms with Gasteiger partial charge in [-0.05, 0) is 56.8 Å². The first kappa shape index (κ1) is 15.5. The van der Waals surface area contributed by atoms with Crippen LogP contribution in [0, 0.1) is 0 Å². The van der Waals surface area contributed by atoms with E-state index in [2.05, 4.69) is 43.0 Å². The van der Waals surface area contributed by atoms with E-state index in [9.17, 15) is 0 Å². The van der Waals surface area contributed by atoms with Gasteiger partial charge < -0.3 is 5.73 Å². The fourth-order valence-electron chi connectivity index (χ4n) is 3.48. The van der Waals surface area contributed by atoms with Crippen LogP contribution in [0.3, 0.4) is 0 Å². The standard InChI is InChI=1S/C18H30N2/c1-3-6-16-8-10-17(11-9-16)15(2)20-14-5-4-7-18(20)12-13-19/h8-11,15,18H,3-7,12-14,19H2,1-2H3. The van der Waals surface area contributed by atoms with Crippen molar-refractivity contribution in [3.63, 3.8) is 0 Å². The number of rotatable bonds is 6. The van der Waals surface area contributed by atoms with Gasteiger partial charge in [-0.1, -0.05) is 44.0 Å². The molecule has 2 atom stereocenters. The maximum absolute atomic E-state index is 5.79. The Morgan fingerprint density at radius 1 is 1.25 bits per heavy atom. The summed E-state index contributed by atoms with van der Waals surface area (Å²) in [5.41, 5.74) is 8.70. The first-order valence-electron chi connectivity index (χ1n) is 8.31. The quantitative estimate of drug-likeness (QED) is 0.852. The molecule has 2 unspecified atom stereocenters. The summed E-state index contributed by atoms with van der Waals surface area (Å²) in [6, 6.07) is 10.4. The first-order valence-corrected chi connectivity index (χ1v) is 8.31. The van der Waals surface area contributed by atoms with Crippen LogP contribution in [0.15, 0.2) is 24.3 Å². The average molecular weight is 274 g/mol. The molecule has 0 saturated carbocycles. The summed E-state index contributed by atoms with van der Waals surface area (Å²) in [4.78, 5) is 2.67. The second-order valence-electron chi connectivity index (χ2n) is 6.13. The van der Waals surface area contributed by atoms with Gasteiger partial charge in [-0.2, -0.15) is 0 Å². The van der Waals surface area contributed by atoms with E-state index in [1.165, 1.54) is 49.8 Å². The Balaban J connectivity index is 2.05. The normalized spacial score (nSPS) is 21.9. The van der Waals surface area contributed by atoms with Gasteiger partial charge in [-0.15, -0.1) is 0 Å². The van der Waals surface area contributed by atoms with E-state index in [4.69, 9.17) is 5.73 Å². The zero-order valence-electron chi connectivity index (χ0n) is 13.1. The molecule has 2 rings (SSSR count). The molecule has 0 spiro atoms. The molecule has 0 radical (unpaired) electrons. The topological polar surface area (TPSA) is 29.3 Å². The number of hydrogen-bond acceptors (Lipinski definition) is 2. The Bertz CT molecular complexity index is 383. The summed E-state index contributed by atoms with van der Waals surface area (Å²) in [6.45, 7) is 6.62. The van der Waals surface area contributed by atoms with Crippen molar-refractivity contribution in [2.45, 2.75) is 64.5 Å². The number of nitrogens with two attached hydrogens (primary N) is 1. The second kappa shape index (κ2) is 7.80. The minimum atomic E-state index is 0.516. The Hall–Kier alpha value is -0.860. The Morgan fingerprint density at radius 2 is 2.00 bits per heavy atom. The van der Waals surface area contributed by atoms with Crippen molar-refractivity contribution in [2.75, 3.05) is 13.1 Å². The molecule has 1 heterocycles. The summed E-state index contributed by atoms with van der Waals surface area (Å²) in [5, 5.41) is 0. The number of likely N-dealkylation sites (tertiary alicyclic amines) is 1. The zero-order chi connectivity index (χ0) is 14.4. The van der Waals surface area contributed by atoms with Crippen molar-refractivity contribution in [3.05, 3.63) is 35.4 Å². The van der Waals surface area contributed by atoms with Crippen molar-refractivity contribution >= 4 is 0 Å². The Labute approximate surface area is 124 Å². The lowest BCUT2D eigenvalue weighted by molar-refractivity contribution is 0.0984. The molecule has 2 heteroatoms. The molecule has 112 valence electrons. The molecule has 2 nitrogen and oxygen atoms in total. The van der Waals surface area contributed by atoms with Crippen LogP contribution in [-0.2, 0) is 6.42 Å². The van der Waals surface area contributed by atoms with Crippen LogP contribution >= 0.6 is 0 Å². The fourth-order valence-corrected chi connectivity index (χ4v) is 3.48. The summed E-state index contributed by atoms with van der Waals surface area (Å²) < 4.78 is 0. The lowest BCUT2D eigenvalue weighted by Crippen LogP contribution is -2.42. The van der Waals surface area contributed by atoms with Crippen molar-refractivity contribution in [3.8, 4) is 0 Å². The SMILES string of the molecule is CCCc1ccc(C(C)N2CCCCC2CCN)cc1. The third-order valence-corrected chi connectivity index (χ3v) is 4.67. The highest BCUT2D eigenvalue weighted by molar-refractivity contribution is 5.25. The van der Waals surface area contributed by atoms with Crippen LogP contribution in [0.2, 0.25) is 0 Å². The monoisotopic (exact) mass is 274 g/mol. The third kappa shape index (κ3) is 3.83. The minimum Gasteiger partial charge on any atom is -0.330 e. The third-order valence-electron chi connectivity index (χ3n) is 4.67. The minimum absolute atomic E-state index is 0.516. The first-order chi connectivity index (χ1) is 9.76. The van der Waals surface area contributed by atoms with Gasteiger partial charge in [0.15, 0.2) is 0 Å². The maximum atomic E-state index is 5.79. The number of piperidine rings is 1. The molecule has 20 heavy (non-hydrogen) atoms. The van der Waals surface area contributed by atoms with Gasteiger partial charge >= 0.3 is 0 Å². The van der Waals surface area contributed by atoms with Gasteiger partial charge in [-0.3, -0.25) is 4.90 Å². The van der Waals surface area contributed by atoms with Gasteiger partial charge in [0.25, 0.3) is 0 Å². The predicted molar refractivity (Wildman–Crippen MR) is 86.9 cm³/mol. The molecule has 0 aliphatic carbocycles. The number of benzene rings is 1.